The standard InChI is InChI=1S/C16H15BrN2O3S/c1-18-15-12(17)9-13(23(21,22)19-7-2-3-8-19)10-5-4-6-11(14(10)15)16(18)20/h4-6,9H,2-3,7-8H2,1H3. The van der Waals surface area contributed by atoms with Gasteiger partial charge in [-0.05, 0) is 40.9 Å². The average molecular weight is 395 g/mol. The second-order valence-corrected chi connectivity index (χ2v) is 8.67. The summed E-state index contributed by atoms with van der Waals surface area (Å²) >= 11 is 3.45. The Kier molecular flexibility index (Phi) is 3.30. The van der Waals surface area contributed by atoms with Crippen LogP contribution in [-0.4, -0.2) is 38.8 Å². The van der Waals surface area contributed by atoms with E-state index in [1.165, 1.54) is 4.31 Å². The first-order valence-corrected chi connectivity index (χ1v) is 9.69. The molecule has 2 aliphatic heterocycles. The van der Waals surface area contributed by atoms with Crippen molar-refractivity contribution in [2.24, 2.45) is 0 Å². The molecule has 1 fully saturated rings. The Bertz CT molecular complexity index is 949. The average Bonchev–Trinajstić information content (AvgIpc) is 3.14. The molecule has 1 amide bonds. The van der Waals surface area contributed by atoms with E-state index in [-0.39, 0.29) is 10.8 Å². The minimum atomic E-state index is -3.55. The normalized spacial score (nSPS) is 18.3. The maximum absolute atomic E-state index is 13.0. The Balaban J connectivity index is 2.06. The van der Waals surface area contributed by atoms with E-state index in [4.69, 9.17) is 0 Å². The minimum Gasteiger partial charge on any atom is -0.310 e. The Morgan fingerprint density at radius 2 is 1.87 bits per heavy atom. The van der Waals surface area contributed by atoms with Gasteiger partial charge >= 0.3 is 0 Å². The largest absolute Gasteiger partial charge is 0.310 e. The molecule has 2 aromatic carbocycles. The van der Waals surface area contributed by atoms with Crippen LogP contribution in [0.5, 0.6) is 0 Å². The van der Waals surface area contributed by atoms with Crippen LogP contribution < -0.4 is 4.90 Å². The third-order valence-corrected chi connectivity index (χ3v) is 7.15. The molecule has 120 valence electrons. The summed E-state index contributed by atoms with van der Waals surface area (Å²) < 4.78 is 28.2. The van der Waals surface area contributed by atoms with Crippen molar-refractivity contribution >= 4 is 48.3 Å². The van der Waals surface area contributed by atoms with Crippen LogP contribution in [0.25, 0.3) is 10.8 Å². The zero-order chi connectivity index (χ0) is 16.4. The van der Waals surface area contributed by atoms with E-state index >= 15 is 0 Å². The maximum atomic E-state index is 13.0. The van der Waals surface area contributed by atoms with Crippen LogP contribution in [0.4, 0.5) is 5.69 Å². The van der Waals surface area contributed by atoms with Gasteiger partial charge in [0.05, 0.1) is 10.6 Å². The molecule has 0 aliphatic carbocycles. The van der Waals surface area contributed by atoms with Crippen LogP contribution >= 0.6 is 15.9 Å². The van der Waals surface area contributed by atoms with Crippen molar-refractivity contribution < 1.29 is 13.2 Å². The predicted molar refractivity (Wildman–Crippen MR) is 92.4 cm³/mol. The number of sulfonamides is 1. The van der Waals surface area contributed by atoms with Crippen LogP contribution in [0, 0.1) is 0 Å². The lowest BCUT2D eigenvalue weighted by molar-refractivity contribution is 0.0999. The second kappa shape index (κ2) is 5.03. The zero-order valence-corrected chi connectivity index (χ0v) is 14.9. The molecule has 2 aromatic rings. The number of halogens is 1. The highest BCUT2D eigenvalue weighted by atomic mass is 79.9. The highest BCUT2D eigenvalue weighted by Crippen LogP contribution is 2.45. The van der Waals surface area contributed by atoms with Crippen molar-refractivity contribution in [3.05, 3.63) is 34.3 Å². The summed E-state index contributed by atoms with van der Waals surface area (Å²) in [5.41, 5.74) is 1.29. The minimum absolute atomic E-state index is 0.109. The lowest BCUT2D eigenvalue weighted by Crippen LogP contribution is -2.28. The Morgan fingerprint density at radius 1 is 1.17 bits per heavy atom. The number of rotatable bonds is 2. The molecular formula is C16H15BrN2O3S. The maximum Gasteiger partial charge on any atom is 0.258 e. The van der Waals surface area contributed by atoms with Gasteiger partial charge in [-0.25, -0.2) is 8.42 Å². The van der Waals surface area contributed by atoms with E-state index in [0.29, 0.717) is 33.9 Å². The van der Waals surface area contributed by atoms with Crippen LogP contribution in [0.3, 0.4) is 0 Å². The molecule has 0 radical (unpaired) electrons. The molecule has 0 N–H and O–H groups in total. The third kappa shape index (κ3) is 2.00. The van der Waals surface area contributed by atoms with Crippen molar-refractivity contribution in [2.45, 2.75) is 17.7 Å². The molecule has 7 heteroatoms. The quantitative estimate of drug-likeness (QED) is 0.786. The lowest BCUT2D eigenvalue weighted by atomic mass is 10.1. The molecule has 2 aliphatic rings. The monoisotopic (exact) mass is 394 g/mol. The van der Waals surface area contributed by atoms with E-state index in [1.54, 1.807) is 36.2 Å². The first-order valence-electron chi connectivity index (χ1n) is 7.46. The third-order valence-electron chi connectivity index (χ3n) is 4.60. The van der Waals surface area contributed by atoms with Crippen molar-refractivity contribution in [2.75, 3.05) is 25.0 Å². The number of benzene rings is 2. The first kappa shape index (κ1) is 15.1. The van der Waals surface area contributed by atoms with Gasteiger partial charge in [-0.15, -0.1) is 0 Å². The van der Waals surface area contributed by atoms with Gasteiger partial charge in [-0.3, -0.25) is 4.79 Å². The molecule has 23 heavy (non-hydrogen) atoms. The second-order valence-electron chi connectivity index (χ2n) is 5.91. The summed E-state index contributed by atoms with van der Waals surface area (Å²) in [6.45, 7) is 1.11. The zero-order valence-electron chi connectivity index (χ0n) is 12.5. The van der Waals surface area contributed by atoms with E-state index in [0.717, 1.165) is 18.5 Å². The Hall–Kier alpha value is -1.44. The number of hydrogen-bond acceptors (Lipinski definition) is 3. The fourth-order valence-corrected chi connectivity index (χ4v) is 6.04. The fraction of sp³-hybridized carbons (Fsp3) is 0.312. The smallest absolute Gasteiger partial charge is 0.258 e. The van der Waals surface area contributed by atoms with Gasteiger partial charge < -0.3 is 4.90 Å². The number of hydrogen-bond donors (Lipinski definition) is 0. The number of anilines is 1. The molecule has 0 saturated carbocycles. The highest BCUT2D eigenvalue weighted by molar-refractivity contribution is 9.10. The van der Waals surface area contributed by atoms with Crippen LogP contribution in [0.15, 0.2) is 33.6 Å². The van der Waals surface area contributed by atoms with Gasteiger partial charge in [0.2, 0.25) is 10.0 Å². The van der Waals surface area contributed by atoms with Crippen LogP contribution in [0.1, 0.15) is 23.2 Å². The Morgan fingerprint density at radius 3 is 2.57 bits per heavy atom. The van der Waals surface area contributed by atoms with E-state index in [9.17, 15) is 13.2 Å². The van der Waals surface area contributed by atoms with Gasteiger partial charge in [0.15, 0.2) is 0 Å². The molecule has 2 heterocycles. The molecule has 0 unspecified atom stereocenters. The van der Waals surface area contributed by atoms with Crippen molar-refractivity contribution in [3.8, 4) is 0 Å². The van der Waals surface area contributed by atoms with Crippen molar-refractivity contribution in [1.29, 1.82) is 0 Å². The van der Waals surface area contributed by atoms with E-state index < -0.39 is 10.0 Å². The van der Waals surface area contributed by atoms with E-state index in [1.807, 2.05) is 0 Å². The van der Waals surface area contributed by atoms with Gasteiger partial charge in [-0.2, -0.15) is 4.31 Å². The summed E-state index contributed by atoms with van der Waals surface area (Å²) in [6.07, 6.45) is 1.78. The summed E-state index contributed by atoms with van der Waals surface area (Å²) in [5.74, 6) is -0.109. The summed E-state index contributed by atoms with van der Waals surface area (Å²) in [7, 11) is -1.85. The molecule has 0 spiro atoms. The number of carbonyl (C=O) groups is 1. The highest BCUT2D eigenvalue weighted by Gasteiger charge is 2.35. The molecule has 4 rings (SSSR count). The van der Waals surface area contributed by atoms with Gasteiger partial charge in [0.25, 0.3) is 5.91 Å². The van der Waals surface area contributed by atoms with Crippen LogP contribution in [0.2, 0.25) is 0 Å². The van der Waals surface area contributed by atoms with Gasteiger partial charge in [-0.1, -0.05) is 12.1 Å². The molecule has 0 bridgehead atoms. The summed E-state index contributed by atoms with van der Waals surface area (Å²) in [5, 5.41) is 1.33. The van der Waals surface area contributed by atoms with Crippen LogP contribution in [-0.2, 0) is 10.0 Å². The van der Waals surface area contributed by atoms with Gasteiger partial charge in [0.1, 0.15) is 0 Å². The number of carbonyl (C=O) groups excluding carboxylic acids is 1. The summed E-state index contributed by atoms with van der Waals surface area (Å²) in [4.78, 5) is 14.2. The summed E-state index contributed by atoms with van der Waals surface area (Å²) in [6, 6.07) is 6.90. The number of nitrogens with zero attached hydrogens (tertiary/aromatic N) is 2. The molecular weight excluding hydrogens is 380 g/mol. The SMILES string of the molecule is CN1C(=O)c2cccc3c(S(=O)(=O)N4CCCC4)cc(Br)c1c23. The Labute approximate surface area is 143 Å². The molecule has 1 saturated heterocycles. The molecule has 0 aromatic heterocycles. The van der Waals surface area contributed by atoms with Crippen molar-refractivity contribution in [1.82, 2.24) is 4.31 Å². The first-order chi connectivity index (χ1) is 10.9. The topological polar surface area (TPSA) is 57.7 Å². The number of amides is 1. The van der Waals surface area contributed by atoms with Gasteiger partial charge in [0, 0.05) is 40.9 Å². The lowest BCUT2D eigenvalue weighted by Gasteiger charge is -2.19. The van der Waals surface area contributed by atoms with Crippen molar-refractivity contribution in [3.63, 3.8) is 0 Å². The fourth-order valence-electron chi connectivity index (χ4n) is 3.46. The predicted octanol–water partition coefficient (Wildman–Crippen LogP) is 2.98. The van der Waals surface area contributed by atoms with E-state index in [2.05, 4.69) is 15.9 Å². The molecule has 5 nitrogen and oxygen atoms in total. The molecule has 0 atom stereocenters.